The molecule has 150 valence electrons. The molecule has 3 aromatic heterocycles. The quantitative estimate of drug-likeness (QED) is 0.555. The van der Waals surface area contributed by atoms with Crippen molar-refractivity contribution in [3.8, 4) is 11.5 Å². The molecule has 0 aliphatic heterocycles. The molecule has 1 aliphatic rings. The number of hydrogen-bond donors (Lipinski definition) is 3. The summed E-state index contributed by atoms with van der Waals surface area (Å²) in [4.78, 5) is 32.7. The first-order valence-corrected chi connectivity index (χ1v) is 9.22. The first-order chi connectivity index (χ1) is 13.9. The maximum Gasteiger partial charge on any atom is 0.277 e. The predicted octanol–water partition coefficient (Wildman–Crippen LogP) is 1.95. The average molecular weight is 395 g/mol. The number of nitrogens with two attached hydrogens (primary N) is 1. The van der Waals surface area contributed by atoms with Gasteiger partial charge in [0.25, 0.3) is 11.8 Å². The van der Waals surface area contributed by atoms with E-state index < -0.39 is 11.8 Å². The molecule has 1 aliphatic carbocycles. The average Bonchev–Trinajstić information content (AvgIpc) is 3.24. The van der Waals surface area contributed by atoms with Crippen LogP contribution in [0.2, 0.25) is 0 Å². The maximum atomic E-state index is 12.5. The third-order valence-electron chi connectivity index (χ3n) is 4.74. The Morgan fingerprint density at radius 2 is 2.17 bits per heavy atom. The molecule has 0 saturated heterocycles. The van der Waals surface area contributed by atoms with Gasteiger partial charge in [-0.25, -0.2) is 9.97 Å². The first-order valence-electron chi connectivity index (χ1n) is 9.22. The number of amides is 2. The van der Waals surface area contributed by atoms with Crippen molar-refractivity contribution in [2.24, 2.45) is 18.7 Å². The molecule has 0 bridgehead atoms. The lowest BCUT2D eigenvalue weighted by atomic mass is 10.1. The number of carbonyl (C=O) groups is 2. The summed E-state index contributed by atoms with van der Waals surface area (Å²) in [5.41, 5.74) is 7.18. The van der Waals surface area contributed by atoms with Crippen LogP contribution in [0.25, 0.3) is 11.5 Å². The molecule has 4 rings (SSSR count). The molecule has 29 heavy (non-hydrogen) atoms. The summed E-state index contributed by atoms with van der Waals surface area (Å²) in [6, 6.07) is 1.79. The van der Waals surface area contributed by atoms with E-state index in [0.29, 0.717) is 5.89 Å². The standard InChI is InChI=1S/C19H21N7O3/c1-10-12(5-6-21-17(10)22-7-11-3-4-11)19-24-14(9-29-19)18(28)23-13-8-26(2)25-15(13)16(20)27/h5-6,8-9,11H,3-4,7H2,1-2H3,(H2,20,27)(H,21,22)(H,23,28). The molecule has 1 fully saturated rings. The third kappa shape index (κ3) is 3.96. The van der Waals surface area contributed by atoms with Gasteiger partial charge in [-0.15, -0.1) is 0 Å². The Balaban J connectivity index is 1.53. The van der Waals surface area contributed by atoms with Gasteiger partial charge in [0.2, 0.25) is 5.89 Å². The minimum Gasteiger partial charge on any atom is -0.444 e. The van der Waals surface area contributed by atoms with Crippen LogP contribution < -0.4 is 16.4 Å². The van der Waals surface area contributed by atoms with Crippen molar-refractivity contribution >= 4 is 23.3 Å². The molecule has 0 radical (unpaired) electrons. The normalized spacial score (nSPS) is 13.3. The fraction of sp³-hybridized carbons (Fsp3) is 0.316. The van der Waals surface area contributed by atoms with E-state index in [0.717, 1.165) is 29.4 Å². The number of pyridine rings is 1. The van der Waals surface area contributed by atoms with Crippen LogP contribution in [0, 0.1) is 12.8 Å². The molecule has 10 heteroatoms. The van der Waals surface area contributed by atoms with Gasteiger partial charge in [0.1, 0.15) is 12.1 Å². The Morgan fingerprint density at radius 3 is 2.90 bits per heavy atom. The predicted molar refractivity (Wildman–Crippen MR) is 105 cm³/mol. The molecule has 3 heterocycles. The van der Waals surface area contributed by atoms with Crippen molar-refractivity contribution in [1.82, 2.24) is 19.7 Å². The highest BCUT2D eigenvalue weighted by Gasteiger charge is 2.22. The van der Waals surface area contributed by atoms with Gasteiger partial charge in [0.05, 0.1) is 5.69 Å². The van der Waals surface area contributed by atoms with E-state index in [4.69, 9.17) is 10.2 Å². The summed E-state index contributed by atoms with van der Waals surface area (Å²) < 4.78 is 6.92. The summed E-state index contributed by atoms with van der Waals surface area (Å²) in [5.74, 6) is 0.537. The van der Waals surface area contributed by atoms with Gasteiger partial charge in [-0.1, -0.05) is 0 Å². The van der Waals surface area contributed by atoms with E-state index in [2.05, 4.69) is 25.7 Å². The number of anilines is 2. The fourth-order valence-corrected chi connectivity index (χ4v) is 2.96. The molecule has 10 nitrogen and oxygen atoms in total. The van der Waals surface area contributed by atoms with Crippen LogP contribution >= 0.6 is 0 Å². The van der Waals surface area contributed by atoms with Crippen molar-refractivity contribution in [2.45, 2.75) is 19.8 Å². The van der Waals surface area contributed by atoms with E-state index >= 15 is 0 Å². The van der Waals surface area contributed by atoms with Gasteiger partial charge in [0.15, 0.2) is 11.4 Å². The summed E-state index contributed by atoms with van der Waals surface area (Å²) in [6.07, 6.45) is 6.93. The number of carbonyl (C=O) groups excluding carboxylic acids is 2. The summed E-state index contributed by atoms with van der Waals surface area (Å²) in [6.45, 7) is 2.82. The lowest BCUT2D eigenvalue weighted by Crippen LogP contribution is -2.18. The van der Waals surface area contributed by atoms with Crippen LogP contribution in [0.3, 0.4) is 0 Å². The Kier molecular flexibility index (Phi) is 4.75. The molecule has 3 aromatic rings. The topological polar surface area (TPSA) is 141 Å². The summed E-state index contributed by atoms with van der Waals surface area (Å²) >= 11 is 0. The zero-order valence-corrected chi connectivity index (χ0v) is 16.1. The van der Waals surface area contributed by atoms with Gasteiger partial charge in [-0.05, 0) is 31.7 Å². The second-order valence-electron chi connectivity index (χ2n) is 7.08. The smallest absolute Gasteiger partial charge is 0.277 e. The highest BCUT2D eigenvalue weighted by Crippen LogP contribution is 2.31. The van der Waals surface area contributed by atoms with Crippen LogP contribution in [0.1, 0.15) is 39.4 Å². The molecule has 0 aromatic carbocycles. The number of nitrogens with one attached hydrogen (secondary N) is 2. The van der Waals surface area contributed by atoms with Gasteiger partial charge in [0, 0.05) is 37.1 Å². The highest BCUT2D eigenvalue weighted by molar-refractivity contribution is 6.07. The lowest BCUT2D eigenvalue weighted by molar-refractivity contribution is 0.0995. The largest absolute Gasteiger partial charge is 0.444 e. The number of hydrogen-bond acceptors (Lipinski definition) is 7. The fourth-order valence-electron chi connectivity index (χ4n) is 2.96. The number of nitrogens with zero attached hydrogens (tertiary/aromatic N) is 4. The summed E-state index contributed by atoms with van der Waals surface area (Å²) in [5, 5.41) is 9.88. The van der Waals surface area contributed by atoms with Crippen molar-refractivity contribution in [2.75, 3.05) is 17.2 Å². The zero-order valence-electron chi connectivity index (χ0n) is 16.1. The molecule has 4 N–H and O–H groups in total. The van der Waals surface area contributed by atoms with Crippen LogP contribution in [0.15, 0.2) is 29.1 Å². The van der Waals surface area contributed by atoms with Crippen molar-refractivity contribution < 1.29 is 14.0 Å². The zero-order chi connectivity index (χ0) is 20.5. The number of aryl methyl sites for hydroxylation is 1. The lowest BCUT2D eigenvalue weighted by Gasteiger charge is -2.10. The first kappa shape index (κ1) is 18.7. The Bertz CT molecular complexity index is 1080. The van der Waals surface area contributed by atoms with Crippen molar-refractivity contribution in [1.29, 1.82) is 0 Å². The van der Waals surface area contributed by atoms with Crippen molar-refractivity contribution in [3.63, 3.8) is 0 Å². The van der Waals surface area contributed by atoms with Gasteiger partial charge < -0.3 is 20.8 Å². The second kappa shape index (κ2) is 7.38. The molecule has 0 spiro atoms. The number of rotatable bonds is 7. The third-order valence-corrected chi connectivity index (χ3v) is 4.74. The van der Waals surface area contributed by atoms with Gasteiger partial charge >= 0.3 is 0 Å². The van der Waals surface area contributed by atoms with E-state index in [-0.39, 0.29) is 17.1 Å². The minimum absolute atomic E-state index is 0.0269. The van der Waals surface area contributed by atoms with E-state index in [9.17, 15) is 9.59 Å². The van der Waals surface area contributed by atoms with E-state index in [1.54, 1.807) is 19.3 Å². The van der Waals surface area contributed by atoms with Crippen LogP contribution in [-0.2, 0) is 7.05 Å². The molecular formula is C19H21N7O3. The molecule has 0 unspecified atom stereocenters. The number of oxazole rings is 1. The second-order valence-corrected chi connectivity index (χ2v) is 7.08. The van der Waals surface area contributed by atoms with E-state index in [1.807, 2.05) is 6.92 Å². The number of aromatic nitrogens is 4. The van der Waals surface area contributed by atoms with Crippen LogP contribution in [-0.4, -0.2) is 38.1 Å². The molecular weight excluding hydrogens is 374 g/mol. The van der Waals surface area contributed by atoms with Crippen LogP contribution in [0.4, 0.5) is 11.5 Å². The monoisotopic (exact) mass is 395 g/mol. The van der Waals surface area contributed by atoms with Crippen molar-refractivity contribution in [3.05, 3.63) is 41.7 Å². The maximum absolute atomic E-state index is 12.5. The summed E-state index contributed by atoms with van der Waals surface area (Å²) in [7, 11) is 1.62. The van der Waals surface area contributed by atoms with E-state index in [1.165, 1.54) is 30.0 Å². The molecule has 1 saturated carbocycles. The minimum atomic E-state index is -0.736. The van der Waals surface area contributed by atoms with Gasteiger partial charge in [-0.2, -0.15) is 5.10 Å². The SMILES string of the molecule is Cc1c(-c2nc(C(=O)Nc3cn(C)nc3C(N)=O)co2)ccnc1NCC1CC1. The highest BCUT2D eigenvalue weighted by atomic mass is 16.3. The number of primary amides is 1. The Hall–Kier alpha value is -3.69. The molecule has 0 atom stereocenters. The molecule has 2 amide bonds. The van der Waals surface area contributed by atoms with Gasteiger partial charge in [-0.3, -0.25) is 14.3 Å². The van der Waals surface area contributed by atoms with Crippen LogP contribution in [0.5, 0.6) is 0 Å². The Labute approximate surface area is 166 Å². The Morgan fingerprint density at radius 1 is 1.38 bits per heavy atom.